The maximum absolute atomic E-state index is 14.1. The van der Waals surface area contributed by atoms with Crippen molar-refractivity contribution in [3.63, 3.8) is 0 Å². The molecule has 1 aliphatic heterocycles. The summed E-state index contributed by atoms with van der Waals surface area (Å²) in [6.07, 6.45) is 1.52. The van der Waals surface area contributed by atoms with E-state index in [0.29, 0.717) is 36.8 Å². The molecule has 5 rings (SSSR count). The molecule has 4 aromatic rings. The summed E-state index contributed by atoms with van der Waals surface area (Å²) in [5.74, 6) is 0.826. The van der Waals surface area contributed by atoms with E-state index >= 15 is 0 Å². The first-order chi connectivity index (χ1) is 16.1. The number of aromatic nitrogens is 4. The number of H-pyrrole nitrogens is 1. The summed E-state index contributed by atoms with van der Waals surface area (Å²) in [7, 11) is 0. The van der Waals surface area contributed by atoms with Gasteiger partial charge in [0.2, 0.25) is 5.95 Å². The molecular weight excluding hydrogens is 421 g/mol. The van der Waals surface area contributed by atoms with Gasteiger partial charge in [-0.05, 0) is 17.7 Å². The second-order valence-corrected chi connectivity index (χ2v) is 7.63. The van der Waals surface area contributed by atoms with E-state index in [4.69, 9.17) is 15.7 Å². The van der Waals surface area contributed by atoms with Crippen LogP contribution in [0.4, 0.5) is 16.2 Å². The van der Waals surface area contributed by atoms with E-state index < -0.39 is 5.82 Å². The van der Waals surface area contributed by atoms with Crippen molar-refractivity contribution in [2.24, 2.45) is 0 Å². The average Bonchev–Trinajstić information content (AvgIpc) is 3.35. The third kappa shape index (κ3) is 4.24. The monoisotopic (exact) mass is 441 g/mol. The molecular formula is C24H20FN7O. The topological polar surface area (TPSA) is 117 Å². The smallest absolute Gasteiger partial charge is 0.222 e. The number of rotatable bonds is 4. The first kappa shape index (κ1) is 20.6. The minimum Gasteiger partial charge on any atom is -0.368 e. The Morgan fingerprint density at radius 2 is 1.97 bits per heavy atom. The molecule has 0 spiro atoms. The highest BCUT2D eigenvalue weighted by Gasteiger charge is 2.26. The number of nitrogens with zero attached hydrogens (tertiary/aromatic N) is 5. The van der Waals surface area contributed by atoms with Gasteiger partial charge in [-0.25, -0.2) is 14.4 Å². The quantitative estimate of drug-likeness (QED) is 0.496. The summed E-state index contributed by atoms with van der Waals surface area (Å²) >= 11 is 0. The summed E-state index contributed by atoms with van der Waals surface area (Å²) in [5.41, 5.74) is 8.91. The second-order valence-electron chi connectivity index (χ2n) is 7.63. The Labute approximate surface area is 189 Å². The molecule has 33 heavy (non-hydrogen) atoms. The number of aromatic amines is 1. The van der Waals surface area contributed by atoms with Crippen LogP contribution in [0.1, 0.15) is 17.5 Å². The molecule has 1 atom stereocenters. The second kappa shape index (κ2) is 8.68. The Morgan fingerprint density at radius 3 is 2.76 bits per heavy atom. The number of ether oxygens (including phenoxy) is 1. The maximum atomic E-state index is 14.1. The van der Waals surface area contributed by atoms with E-state index in [0.717, 1.165) is 17.1 Å². The molecule has 0 saturated carbocycles. The molecule has 0 amide bonds. The zero-order chi connectivity index (χ0) is 22.8. The van der Waals surface area contributed by atoms with E-state index in [1.165, 1.54) is 12.1 Å². The van der Waals surface area contributed by atoms with Gasteiger partial charge >= 0.3 is 0 Å². The van der Waals surface area contributed by atoms with E-state index in [-0.39, 0.29) is 17.6 Å². The summed E-state index contributed by atoms with van der Waals surface area (Å²) in [4.78, 5) is 18.5. The predicted molar refractivity (Wildman–Crippen MR) is 121 cm³/mol. The van der Waals surface area contributed by atoms with Gasteiger partial charge in [0.05, 0.1) is 36.3 Å². The largest absolute Gasteiger partial charge is 0.368 e. The van der Waals surface area contributed by atoms with Gasteiger partial charge in [-0.1, -0.05) is 36.4 Å². The van der Waals surface area contributed by atoms with Gasteiger partial charge in [0.25, 0.3) is 0 Å². The van der Waals surface area contributed by atoms with Gasteiger partial charge in [0.1, 0.15) is 29.6 Å². The lowest BCUT2D eigenvalue weighted by molar-refractivity contribution is 0.0343. The van der Waals surface area contributed by atoms with Crippen LogP contribution < -0.4 is 10.6 Å². The van der Waals surface area contributed by atoms with Crippen LogP contribution in [-0.2, 0) is 4.74 Å². The zero-order valence-electron chi connectivity index (χ0n) is 17.6. The fourth-order valence-corrected chi connectivity index (χ4v) is 3.82. The molecule has 1 unspecified atom stereocenters. The van der Waals surface area contributed by atoms with Gasteiger partial charge in [0.15, 0.2) is 0 Å². The first-order valence-electron chi connectivity index (χ1n) is 10.4. The fourth-order valence-electron chi connectivity index (χ4n) is 3.82. The molecule has 9 heteroatoms. The van der Waals surface area contributed by atoms with Crippen molar-refractivity contribution in [2.45, 2.75) is 6.10 Å². The summed E-state index contributed by atoms with van der Waals surface area (Å²) in [6.45, 7) is 1.61. The number of nitrogens with two attached hydrogens (primary N) is 1. The van der Waals surface area contributed by atoms with Crippen LogP contribution in [0.15, 0.2) is 60.8 Å². The van der Waals surface area contributed by atoms with Gasteiger partial charge in [-0.3, -0.25) is 0 Å². The number of hydrogen-bond donors (Lipinski definition) is 2. The lowest BCUT2D eigenvalue weighted by atomic mass is 10.1. The van der Waals surface area contributed by atoms with Gasteiger partial charge < -0.3 is 20.4 Å². The minimum absolute atomic E-state index is 0.0228. The van der Waals surface area contributed by atoms with E-state index in [1.807, 2.05) is 41.3 Å². The average molecular weight is 441 g/mol. The van der Waals surface area contributed by atoms with Crippen molar-refractivity contribution < 1.29 is 9.13 Å². The molecule has 3 N–H and O–H groups in total. The van der Waals surface area contributed by atoms with Gasteiger partial charge in [-0.15, -0.1) is 0 Å². The lowest BCUT2D eigenvalue weighted by Gasteiger charge is -2.33. The molecule has 2 aromatic heterocycles. The Bertz CT molecular complexity index is 1330. The highest BCUT2D eigenvalue weighted by Crippen LogP contribution is 2.29. The molecule has 8 nitrogen and oxygen atoms in total. The third-order valence-electron chi connectivity index (χ3n) is 5.49. The highest BCUT2D eigenvalue weighted by molar-refractivity contribution is 5.65. The van der Waals surface area contributed by atoms with Crippen LogP contribution in [-0.4, -0.2) is 39.6 Å². The van der Waals surface area contributed by atoms with Crippen LogP contribution >= 0.6 is 0 Å². The fraction of sp³-hybridized carbons (Fsp3) is 0.167. The molecule has 0 bridgehead atoms. The Kier molecular flexibility index (Phi) is 5.42. The number of nitrogens with one attached hydrogen (secondary N) is 1. The molecule has 0 radical (unpaired) electrons. The lowest BCUT2D eigenvalue weighted by Crippen LogP contribution is -2.39. The van der Waals surface area contributed by atoms with Crippen LogP contribution in [0.2, 0.25) is 0 Å². The molecule has 1 aliphatic rings. The highest BCUT2D eigenvalue weighted by atomic mass is 19.1. The van der Waals surface area contributed by atoms with Crippen molar-refractivity contribution in [3.8, 4) is 28.6 Å². The number of nitrogen functional groups attached to an aromatic ring is 1. The predicted octanol–water partition coefficient (Wildman–Crippen LogP) is 3.70. The van der Waals surface area contributed by atoms with Gasteiger partial charge in [0, 0.05) is 18.2 Å². The number of halogens is 1. The Morgan fingerprint density at radius 1 is 1.12 bits per heavy atom. The number of imidazole rings is 1. The SMILES string of the molecule is N#Cc1ccc(-c2cc(N3CCOC(c4ncc(-c5ccccc5)[nH]4)C3)nc(N)n2)cc1F. The molecule has 1 fully saturated rings. The van der Waals surface area contributed by atoms with Crippen molar-refractivity contribution in [1.29, 1.82) is 5.26 Å². The number of anilines is 2. The summed E-state index contributed by atoms with van der Waals surface area (Å²) < 4.78 is 20.1. The number of hydrogen-bond acceptors (Lipinski definition) is 7. The van der Waals surface area contributed by atoms with Crippen LogP contribution in [0.5, 0.6) is 0 Å². The van der Waals surface area contributed by atoms with E-state index in [2.05, 4.69) is 19.9 Å². The molecule has 3 heterocycles. The molecule has 1 saturated heterocycles. The zero-order valence-corrected chi connectivity index (χ0v) is 17.6. The molecule has 164 valence electrons. The van der Waals surface area contributed by atoms with Crippen LogP contribution in [0.3, 0.4) is 0 Å². The van der Waals surface area contributed by atoms with Crippen molar-refractivity contribution >= 4 is 11.8 Å². The van der Waals surface area contributed by atoms with Crippen LogP contribution in [0.25, 0.3) is 22.5 Å². The Hall–Kier alpha value is -4.29. The third-order valence-corrected chi connectivity index (χ3v) is 5.49. The molecule has 0 aliphatic carbocycles. The van der Waals surface area contributed by atoms with Gasteiger partial charge in [-0.2, -0.15) is 10.2 Å². The number of benzene rings is 2. The number of nitriles is 1. The van der Waals surface area contributed by atoms with Crippen molar-refractivity contribution in [3.05, 3.63) is 78.0 Å². The van der Waals surface area contributed by atoms with Crippen molar-refractivity contribution in [1.82, 2.24) is 19.9 Å². The van der Waals surface area contributed by atoms with Crippen LogP contribution in [0, 0.1) is 17.1 Å². The minimum atomic E-state index is -0.604. The normalized spacial score (nSPS) is 15.9. The first-order valence-corrected chi connectivity index (χ1v) is 10.4. The van der Waals surface area contributed by atoms with E-state index in [9.17, 15) is 4.39 Å². The standard InChI is InChI=1S/C24H20FN7O/c25-18-10-16(6-7-17(18)12-26)19-11-22(31-24(27)30-19)32-8-9-33-21(14-32)23-28-13-20(29-23)15-4-2-1-3-5-15/h1-7,10-11,13,21H,8-9,14H2,(H,28,29)(H2,27,30,31). The molecule has 2 aromatic carbocycles. The maximum Gasteiger partial charge on any atom is 0.222 e. The van der Waals surface area contributed by atoms with Crippen molar-refractivity contribution in [2.75, 3.05) is 30.3 Å². The summed E-state index contributed by atoms with van der Waals surface area (Å²) in [5, 5.41) is 8.96. The van der Waals surface area contributed by atoms with E-state index in [1.54, 1.807) is 18.3 Å². The summed E-state index contributed by atoms with van der Waals surface area (Å²) in [6, 6.07) is 17.9. The Balaban J connectivity index is 1.39. The number of morpholine rings is 1.